The Bertz CT molecular complexity index is 364. The van der Waals surface area contributed by atoms with Gasteiger partial charge in [0.05, 0.1) is 11.5 Å². The van der Waals surface area contributed by atoms with Crippen LogP contribution in [0.1, 0.15) is 45.4 Å². The van der Waals surface area contributed by atoms with Crippen molar-refractivity contribution in [2.45, 2.75) is 56.7 Å². The second-order valence-corrected chi connectivity index (χ2v) is 9.67. The molecule has 1 atom stereocenters. The van der Waals surface area contributed by atoms with Crippen LogP contribution in [0.25, 0.3) is 0 Å². The van der Waals surface area contributed by atoms with Crippen molar-refractivity contribution >= 4 is 21.6 Å². The van der Waals surface area contributed by atoms with Crippen molar-refractivity contribution in [2.24, 2.45) is 0 Å². The Labute approximate surface area is 122 Å². The summed E-state index contributed by atoms with van der Waals surface area (Å²) in [4.78, 5) is 2.38. The second-order valence-electron chi connectivity index (χ2n) is 5.96. The first-order valence-corrected chi connectivity index (χ1v) is 10.5. The molecule has 0 aromatic heterocycles. The predicted octanol–water partition coefficient (Wildman–Crippen LogP) is 2.56. The molecule has 2 rings (SSSR count). The third-order valence-electron chi connectivity index (χ3n) is 4.44. The lowest BCUT2D eigenvalue weighted by Crippen LogP contribution is -2.36. The van der Waals surface area contributed by atoms with E-state index in [0.29, 0.717) is 17.5 Å². The molecule has 19 heavy (non-hydrogen) atoms. The Morgan fingerprint density at radius 3 is 2.58 bits per heavy atom. The zero-order valence-corrected chi connectivity index (χ0v) is 13.6. The van der Waals surface area contributed by atoms with Gasteiger partial charge in [0.1, 0.15) is 0 Å². The average Bonchev–Trinajstić information content (AvgIpc) is 2.53. The van der Waals surface area contributed by atoms with E-state index in [9.17, 15) is 8.42 Å². The van der Waals surface area contributed by atoms with Gasteiger partial charge in [-0.1, -0.05) is 19.3 Å². The van der Waals surface area contributed by atoms with Gasteiger partial charge < -0.3 is 0 Å². The van der Waals surface area contributed by atoms with E-state index in [0.717, 1.165) is 30.5 Å². The van der Waals surface area contributed by atoms with Gasteiger partial charge >= 0.3 is 0 Å². The highest BCUT2D eigenvalue weighted by atomic mass is 32.2. The van der Waals surface area contributed by atoms with E-state index in [4.69, 9.17) is 0 Å². The molecule has 1 heterocycles. The average molecular weight is 306 g/mol. The van der Waals surface area contributed by atoms with Gasteiger partial charge in [-0.15, -0.1) is 0 Å². The van der Waals surface area contributed by atoms with Crippen molar-refractivity contribution in [1.29, 1.82) is 0 Å². The quantitative estimate of drug-likeness (QED) is 0.800. The number of nitrogens with zero attached hydrogens (tertiary/aromatic N) is 1. The van der Waals surface area contributed by atoms with Gasteiger partial charge in [-0.25, -0.2) is 8.42 Å². The monoisotopic (exact) mass is 305 g/mol. The molecule has 1 saturated heterocycles. The van der Waals surface area contributed by atoms with Gasteiger partial charge in [0.2, 0.25) is 0 Å². The minimum absolute atomic E-state index is 0.353. The van der Waals surface area contributed by atoms with Crippen LogP contribution in [-0.2, 0) is 9.84 Å². The van der Waals surface area contributed by atoms with Crippen molar-refractivity contribution in [2.75, 3.05) is 30.3 Å². The van der Waals surface area contributed by atoms with Gasteiger partial charge in [-0.2, -0.15) is 11.8 Å². The molecule has 1 aliphatic heterocycles. The molecule has 112 valence electrons. The standard InChI is InChI=1S/C14H27NO2S2/c1-13-7-11-19(16,17)12-9-15(13)8-10-18-14-5-3-2-4-6-14/h13-14H,2-12H2,1H3/t13-/m1/s1. The smallest absolute Gasteiger partial charge is 0.151 e. The third kappa shape index (κ3) is 5.27. The summed E-state index contributed by atoms with van der Waals surface area (Å²) in [7, 11) is -2.78. The van der Waals surface area contributed by atoms with E-state index in [1.165, 1.54) is 32.1 Å². The number of hydrogen-bond donors (Lipinski definition) is 0. The van der Waals surface area contributed by atoms with Gasteiger partial charge in [0.15, 0.2) is 9.84 Å². The van der Waals surface area contributed by atoms with Gasteiger partial charge in [-0.3, -0.25) is 4.90 Å². The largest absolute Gasteiger partial charge is 0.299 e. The first-order valence-electron chi connectivity index (χ1n) is 7.63. The highest BCUT2D eigenvalue weighted by Gasteiger charge is 2.24. The molecule has 1 aliphatic carbocycles. The zero-order chi connectivity index (χ0) is 13.7. The molecule has 0 amide bonds. The molecule has 0 bridgehead atoms. The minimum Gasteiger partial charge on any atom is -0.299 e. The van der Waals surface area contributed by atoms with Crippen molar-refractivity contribution in [3.05, 3.63) is 0 Å². The lowest BCUT2D eigenvalue weighted by molar-refractivity contribution is 0.235. The lowest BCUT2D eigenvalue weighted by atomic mass is 10.0. The molecule has 0 radical (unpaired) electrons. The fourth-order valence-corrected chi connectivity index (χ4v) is 5.77. The summed E-state index contributed by atoms with van der Waals surface area (Å²) in [6.45, 7) is 3.96. The number of hydrogen-bond acceptors (Lipinski definition) is 4. The fraction of sp³-hybridized carbons (Fsp3) is 1.00. The van der Waals surface area contributed by atoms with Gasteiger partial charge in [0.25, 0.3) is 0 Å². The minimum atomic E-state index is -2.78. The Balaban J connectivity index is 1.72. The Morgan fingerprint density at radius 2 is 1.84 bits per heavy atom. The Hall–Kier alpha value is 0.260. The van der Waals surface area contributed by atoms with Crippen LogP contribution in [-0.4, -0.2) is 55.0 Å². The summed E-state index contributed by atoms with van der Waals surface area (Å²) in [6.07, 6.45) is 7.78. The van der Waals surface area contributed by atoms with Crippen LogP contribution in [0.3, 0.4) is 0 Å². The molecular weight excluding hydrogens is 278 g/mol. The maximum absolute atomic E-state index is 11.7. The van der Waals surface area contributed by atoms with Gasteiger partial charge in [0, 0.05) is 30.1 Å². The summed E-state index contributed by atoms with van der Waals surface area (Å²) in [6, 6.07) is 0.421. The maximum atomic E-state index is 11.7. The highest BCUT2D eigenvalue weighted by molar-refractivity contribution is 7.99. The molecule has 0 unspecified atom stereocenters. The van der Waals surface area contributed by atoms with Crippen LogP contribution in [0.5, 0.6) is 0 Å². The van der Waals surface area contributed by atoms with E-state index in [1.807, 2.05) is 0 Å². The first-order chi connectivity index (χ1) is 9.07. The van der Waals surface area contributed by atoms with Crippen LogP contribution in [0.15, 0.2) is 0 Å². The van der Waals surface area contributed by atoms with E-state index >= 15 is 0 Å². The SMILES string of the molecule is C[C@@H]1CCS(=O)(=O)CCN1CCSC1CCCCC1. The molecule has 5 heteroatoms. The molecule has 1 saturated carbocycles. The molecule has 0 N–H and O–H groups in total. The number of rotatable bonds is 4. The molecule has 3 nitrogen and oxygen atoms in total. The molecular formula is C14H27NO2S2. The summed E-state index contributed by atoms with van der Waals surface area (Å²) in [5.74, 6) is 1.89. The van der Waals surface area contributed by atoms with Crippen molar-refractivity contribution < 1.29 is 8.42 Å². The molecule has 2 aliphatic rings. The Kier molecular flexibility index (Phi) is 6.03. The second kappa shape index (κ2) is 7.32. The van der Waals surface area contributed by atoms with E-state index in [-0.39, 0.29) is 0 Å². The maximum Gasteiger partial charge on any atom is 0.151 e. The molecule has 2 fully saturated rings. The summed E-state index contributed by atoms with van der Waals surface area (Å²) < 4.78 is 23.3. The molecule has 0 spiro atoms. The van der Waals surface area contributed by atoms with Crippen molar-refractivity contribution in [3.8, 4) is 0 Å². The summed E-state index contributed by atoms with van der Waals surface area (Å²) in [5, 5.41) is 0.861. The number of thioether (sulfide) groups is 1. The fourth-order valence-electron chi connectivity index (χ4n) is 3.01. The van der Waals surface area contributed by atoms with Crippen molar-refractivity contribution in [3.63, 3.8) is 0 Å². The zero-order valence-electron chi connectivity index (χ0n) is 12.0. The van der Waals surface area contributed by atoms with E-state index in [2.05, 4.69) is 23.6 Å². The Morgan fingerprint density at radius 1 is 1.11 bits per heavy atom. The first kappa shape index (κ1) is 15.6. The molecule has 0 aromatic rings. The highest BCUT2D eigenvalue weighted by Crippen LogP contribution is 2.28. The van der Waals surface area contributed by atoms with Crippen LogP contribution in [0.2, 0.25) is 0 Å². The third-order valence-corrected chi connectivity index (χ3v) is 7.47. The predicted molar refractivity (Wildman–Crippen MR) is 83.6 cm³/mol. The topological polar surface area (TPSA) is 37.4 Å². The lowest BCUT2D eigenvalue weighted by Gasteiger charge is -2.27. The summed E-state index contributed by atoms with van der Waals surface area (Å²) >= 11 is 2.11. The van der Waals surface area contributed by atoms with Crippen LogP contribution >= 0.6 is 11.8 Å². The van der Waals surface area contributed by atoms with Crippen LogP contribution in [0, 0.1) is 0 Å². The number of sulfone groups is 1. The molecule has 0 aromatic carbocycles. The van der Waals surface area contributed by atoms with Gasteiger partial charge in [-0.05, 0) is 26.2 Å². The van der Waals surface area contributed by atoms with E-state index < -0.39 is 9.84 Å². The normalized spacial score (nSPS) is 30.1. The van der Waals surface area contributed by atoms with Crippen molar-refractivity contribution in [1.82, 2.24) is 4.90 Å². The van der Waals surface area contributed by atoms with E-state index in [1.54, 1.807) is 0 Å². The summed E-state index contributed by atoms with van der Waals surface area (Å²) in [5.41, 5.74) is 0. The van der Waals surface area contributed by atoms with Crippen LogP contribution < -0.4 is 0 Å². The van der Waals surface area contributed by atoms with Crippen LogP contribution in [0.4, 0.5) is 0 Å².